The monoisotopic (exact) mass is 221 g/mol. The molecule has 0 heterocycles. The van der Waals surface area contributed by atoms with Gasteiger partial charge < -0.3 is 24.1 Å². The Balaban J connectivity index is -0.000000112. The molecule has 0 amide bonds. The third kappa shape index (κ3) is 53.2. The van der Waals surface area contributed by atoms with Crippen LogP contribution in [0.5, 0.6) is 0 Å². The van der Waals surface area contributed by atoms with Gasteiger partial charge in [0, 0.05) is 6.61 Å². The molecule has 5 heteroatoms. The molecule has 0 saturated heterocycles. The number of unbranched alkanes of at least 4 members (excludes halogenated alkanes) is 1. The standard InChI is InChI=1S/C4H9O.C3H5O2.Co.O/c1-2-3-4-5;1-2-3(4)5;;/h5H,1-4H2;1-2H2,(H,4,5);;/q2*-1;;. The van der Waals surface area contributed by atoms with Crippen LogP contribution in [0.25, 0.3) is 0 Å². The predicted octanol–water partition coefficient (Wildman–Crippen LogP) is 0.767. The second-order valence-electron chi connectivity index (χ2n) is 1.57. The van der Waals surface area contributed by atoms with Crippen LogP contribution in [0.3, 0.4) is 0 Å². The molecule has 0 fully saturated rings. The van der Waals surface area contributed by atoms with Crippen LogP contribution in [0.4, 0.5) is 0 Å². The fourth-order valence-electron chi connectivity index (χ4n) is 0.112. The van der Waals surface area contributed by atoms with Gasteiger partial charge in [-0.15, -0.1) is 0 Å². The van der Waals surface area contributed by atoms with Gasteiger partial charge in [-0.3, -0.25) is 4.79 Å². The number of aliphatic carboxylic acids is 1. The molecular weight excluding hydrogens is 207 g/mol. The van der Waals surface area contributed by atoms with E-state index in [1.165, 1.54) is 0 Å². The third-order valence-electron chi connectivity index (χ3n) is 0.622. The fourth-order valence-corrected chi connectivity index (χ4v) is 0.112. The summed E-state index contributed by atoms with van der Waals surface area (Å²) in [6.07, 6.45) is 1.65. The summed E-state index contributed by atoms with van der Waals surface area (Å²) in [4.78, 5) is 9.31. The van der Waals surface area contributed by atoms with E-state index in [9.17, 15) is 4.79 Å². The van der Waals surface area contributed by atoms with E-state index in [0.29, 0.717) is 0 Å². The van der Waals surface area contributed by atoms with E-state index in [4.69, 9.17) is 14.1 Å². The minimum absolute atomic E-state index is 0.0278. The van der Waals surface area contributed by atoms with Crippen molar-refractivity contribution in [3.63, 3.8) is 0 Å². The minimum atomic E-state index is -0.856. The molecule has 0 aliphatic rings. The first-order chi connectivity index (χ1) is 5.68. The maximum atomic E-state index is 9.31. The van der Waals surface area contributed by atoms with Crippen molar-refractivity contribution in [1.29, 1.82) is 0 Å². The van der Waals surface area contributed by atoms with Gasteiger partial charge in [-0.05, 0) is 0 Å². The van der Waals surface area contributed by atoms with Gasteiger partial charge >= 0.3 is 19.5 Å². The van der Waals surface area contributed by atoms with E-state index >= 15 is 0 Å². The summed E-state index contributed by atoms with van der Waals surface area (Å²) in [6.45, 7) is 6.88. The first-order valence-corrected chi connectivity index (χ1v) is 3.66. The summed E-state index contributed by atoms with van der Waals surface area (Å²) in [5.41, 5.74) is 0. The van der Waals surface area contributed by atoms with Crippen LogP contribution in [0.1, 0.15) is 19.3 Å². The molecule has 0 aromatic carbocycles. The Bertz CT molecular complexity index is 85.5. The van der Waals surface area contributed by atoms with Crippen molar-refractivity contribution >= 4 is 5.97 Å². The second kappa shape index (κ2) is 22.4. The Labute approximate surface area is 80.8 Å². The molecule has 2 N–H and O–H groups in total. The van der Waals surface area contributed by atoms with Gasteiger partial charge in [-0.25, -0.2) is 0 Å². The summed E-state index contributed by atoms with van der Waals surface area (Å²) in [5, 5.41) is 15.7. The summed E-state index contributed by atoms with van der Waals surface area (Å²) in [7, 11) is 0. The van der Waals surface area contributed by atoms with E-state index in [0.717, 1.165) is 12.8 Å². The van der Waals surface area contributed by atoms with Crippen molar-refractivity contribution in [2.75, 3.05) is 6.61 Å². The first-order valence-electron chi connectivity index (χ1n) is 3.23. The van der Waals surface area contributed by atoms with Gasteiger partial charge in [0.05, 0.1) is 0 Å². The van der Waals surface area contributed by atoms with Crippen LogP contribution in [0, 0.1) is 13.8 Å². The molecule has 0 aromatic rings. The fraction of sp³-hybridized carbons (Fsp3) is 0.571. The quantitative estimate of drug-likeness (QED) is 0.690. The second-order valence-corrected chi connectivity index (χ2v) is 1.57. The van der Waals surface area contributed by atoms with Crippen LogP contribution in [-0.2, 0) is 24.3 Å². The third-order valence-corrected chi connectivity index (χ3v) is 0.622. The summed E-state index contributed by atoms with van der Waals surface area (Å²) < 4.78 is 7.94. The topological polar surface area (TPSA) is 74.6 Å². The number of carboxylic acid groups (broad SMARTS) is 1. The number of rotatable bonds is 3. The molecule has 0 aliphatic heterocycles. The van der Waals surface area contributed by atoms with E-state index in [-0.39, 0.29) is 13.0 Å². The number of carbonyl (C=O) groups is 1. The normalized spacial score (nSPS) is 7.00. The molecule has 0 atom stereocenters. The van der Waals surface area contributed by atoms with Crippen LogP contribution in [-0.4, -0.2) is 22.8 Å². The number of hydrogen-bond acceptors (Lipinski definition) is 3. The van der Waals surface area contributed by atoms with Crippen molar-refractivity contribution in [3.8, 4) is 0 Å². The van der Waals surface area contributed by atoms with Gasteiger partial charge in [0.15, 0.2) is 0 Å². The summed E-state index contributed by atoms with van der Waals surface area (Å²) in [5.74, 6) is -0.856. The molecule has 0 saturated carbocycles. The zero-order valence-corrected chi connectivity index (χ0v) is 7.83. The predicted molar refractivity (Wildman–Crippen MR) is 40.0 cm³/mol. The zero-order valence-electron chi connectivity index (χ0n) is 6.79. The van der Waals surface area contributed by atoms with Gasteiger partial charge in [0.1, 0.15) is 0 Å². The van der Waals surface area contributed by atoms with Crippen LogP contribution in [0.2, 0.25) is 0 Å². The van der Waals surface area contributed by atoms with Crippen LogP contribution < -0.4 is 0 Å². The average molecular weight is 221 g/mol. The maximum absolute atomic E-state index is 9.31. The Morgan fingerprint density at radius 3 is 1.67 bits per heavy atom. The van der Waals surface area contributed by atoms with E-state index in [2.05, 4.69) is 29.5 Å². The van der Waals surface area contributed by atoms with Crippen molar-refractivity contribution in [2.45, 2.75) is 19.3 Å². The van der Waals surface area contributed by atoms with E-state index < -0.39 is 5.97 Å². The zero-order chi connectivity index (χ0) is 10.4. The molecule has 0 aliphatic carbocycles. The number of aliphatic hydroxyl groups is 1. The van der Waals surface area contributed by atoms with E-state index in [1.807, 2.05) is 0 Å². The summed E-state index contributed by atoms with van der Waals surface area (Å²) in [6, 6.07) is 0. The van der Waals surface area contributed by atoms with Crippen molar-refractivity contribution in [1.82, 2.24) is 0 Å². The number of carboxylic acids is 1. The Morgan fingerprint density at radius 1 is 1.33 bits per heavy atom. The molecule has 4 nitrogen and oxygen atoms in total. The first kappa shape index (κ1) is 17.7. The molecule has 0 spiro atoms. The van der Waals surface area contributed by atoms with Gasteiger partial charge in [0.25, 0.3) is 5.97 Å². The Hall–Kier alpha value is -0.264. The summed E-state index contributed by atoms with van der Waals surface area (Å²) >= 11 is 2.31. The van der Waals surface area contributed by atoms with Crippen LogP contribution in [0.15, 0.2) is 0 Å². The van der Waals surface area contributed by atoms with Crippen molar-refractivity contribution in [2.24, 2.45) is 0 Å². The number of aliphatic hydroxyl groups excluding tert-OH is 1. The van der Waals surface area contributed by atoms with E-state index in [1.54, 1.807) is 0 Å². The number of hydrogen-bond donors (Lipinski definition) is 2. The van der Waals surface area contributed by atoms with Gasteiger partial charge in [-0.2, -0.15) is 6.42 Å². The molecule has 12 heavy (non-hydrogen) atoms. The molecule has 0 rings (SSSR count). The van der Waals surface area contributed by atoms with Crippen LogP contribution >= 0.6 is 0 Å². The van der Waals surface area contributed by atoms with Crippen molar-refractivity contribution in [3.05, 3.63) is 13.8 Å². The molecule has 0 bridgehead atoms. The Kier molecular flexibility index (Phi) is 33.1. The average Bonchev–Trinajstić information content (AvgIpc) is 2.10. The Morgan fingerprint density at radius 2 is 1.67 bits per heavy atom. The molecule has 0 unspecified atom stereocenters. The molecule has 0 aromatic heterocycles. The van der Waals surface area contributed by atoms with Gasteiger partial charge in [0.2, 0.25) is 0 Å². The van der Waals surface area contributed by atoms with Crippen molar-refractivity contribution < 1.29 is 34.5 Å². The van der Waals surface area contributed by atoms with Gasteiger partial charge in [-0.1, -0.05) is 12.8 Å². The molecule has 0 radical (unpaired) electrons. The molecular formula is C7H14CoO4-2. The molecule has 77 valence electrons. The SMILES string of the molecule is [CH2-]CC(=O)O.[CH2-]CCCO.[O]=[Co].